The fourth-order valence-corrected chi connectivity index (χ4v) is 8.78. The summed E-state index contributed by atoms with van der Waals surface area (Å²) in [6.45, 7) is 6.65. The molecule has 0 aromatic heterocycles. The van der Waals surface area contributed by atoms with Gasteiger partial charge in [0.1, 0.15) is 0 Å². The highest BCUT2D eigenvalue weighted by Crippen LogP contribution is 2.51. The Morgan fingerprint density at radius 2 is 1.29 bits per heavy atom. The van der Waals surface area contributed by atoms with E-state index in [1.165, 1.54) is 64.2 Å². The SMILES string of the molecule is CC1CN(P(c2ccccc2)N(C2CCCCC2)C2CCCCC2)CC(C)O1. The molecule has 2 saturated carbocycles. The Kier molecular flexibility index (Phi) is 7.44. The van der Waals surface area contributed by atoms with Gasteiger partial charge in [-0.05, 0) is 39.5 Å². The summed E-state index contributed by atoms with van der Waals surface area (Å²) in [5.41, 5.74) is 0. The summed E-state index contributed by atoms with van der Waals surface area (Å²) in [6.07, 6.45) is 14.8. The van der Waals surface area contributed by atoms with Gasteiger partial charge in [0.05, 0.1) is 20.4 Å². The van der Waals surface area contributed by atoms with Crippen LogP contribution in [0.2, 0.25) is 0 Å². The van der Waals surface area contributed by atoms with Crippen LogP contribution in [-0.2, 0) is 4.74 Å². The Labute approximate surface area is 173 Å². The molecule has 3 nitrogen and oxygen atoms in total. The fraction of sp³-hybridized carbons (Fsp3) is 0.750. The molecule has 1 aliphatic heterocycles. The van der Waals surface area contributed by atoms with E-state index in [9.17, 15) is 0 Å². The van der Waals surface area contributed by atoms with Gasteiger partial charge < -0.3 is 4.74 Å². The van der Waals surface area contributed by atoms with Gasteiger partial charge in [0.2, 0.25) is 0 Å². The Balaban J connectivity index is 1.69. The summed E-state index contributed by atoms with van der Waals surface area (Å²) in [4.78, 5) is 0. The van der Waals surface area contributed by atoms with Gasteiger partial charge in [0.15, 0.2) is 0 Å². The minimum atomic E-state index is -0.450. The molecule has 1 heterocycles. The molecule has 1 saturated heterocycles. The topological polar surface area (TPSA) is 15.7 Å². The van der Waals surface area contributed by atoms with Crippen LogP contribution in [0.4, 0.5) is 0 Å². The third-order valence-electron chi connectivity index (χ3n) is 6.77. The van der Waals surface area contributed by atoms with Gasteiger partial charge in [-0.2, -0.15) is 0 Å². The highest BCUT2D eigenvalue weighted by atomic mass is 31.1. The van der Waals surface area contributed by atoms with Crippen LogP contribution in [0.1, 0.15) is 78.1 Å². The molecule has 3 unspecified atom stereocenters. The van der Waals surface area contributed by atoms with Crippen LogP contribution in [0.25, 0.3) is 0 Å². The minimum Gasteiger partial charge on any atom is -0.373 e. The van der Waals surface area contributed by atoms with E-state index in [0.717, 1.165) is 25.2 Å². The summed E-state index contributed by atoms with van der Waals surface area (Å²) in [6, 6.07) is 13.0. The van der Waals surface area contributed by atoms with Crippen LogP contribution in [-0.4, -0.2) is 46.7 Å². The Bertz CT molecular complexity index is 558. The Hall–Kier alpha value is -0.470. The molecule has 28 heavy (non-hydrogen) atoms. The third kappa shape index (κ3) is 4.98. The summed E-state index contributed by atoms with van der Waals surface area (Å²) in [5.74, 6) is 0. The predicted molar refractivity (Wildman–Crippen MR) is 120 cm³/mol. The second kappa shape index (κ2) is 10.0. The van der Waals surface area contributed by atoms with Gasteiger partial charge in [-0.3, -0.25) is 9.34 Å². The van der Waals surface area contributed by atoms with E-state index in [2.05, 4.69) is 53.5 Å². The van der Waals surface area contributed by atoms with Crippen LogP contribution in [0.3, 0.4) is 0 Å². The summed E-state index contributed by atoms with van der Waals surface area (Å²) in [7, 11) is -0.450. The van der Waals surface area contributed by atoms with Gasteiger partial charge in [0.25, 0.3) is 0 Å². The number of ether oxygens (including phenoxy) is 1. The highest BCUT2D eigenvalue weighted by molar-refractivity contribution is 7.61. The van der Waals surface area contributed by atoms with E-state index < -0.39 is 8.22 Å². The monoisotopic (exact) mass is 402 g/mol. The molecular weight excluding hydrogens is 363 g/mol. The van der Waals surface area contributed by atoms with Crippen molar-refractivity contribution in [3.05, 3.63) is 30.3 Å². The molecule has 4 heteroatoms. The standard InChI is InChI=1S/C24H39N2OP/c1-20-18-25(19-21(2)27-20)28(24-16-10-5-11-17-24)26(22-12-6-3-7-13-22)23-14-8-4-9-15-23/h5,10-11,16-17,20-23H,3-4,6-9,12-15,18-19H2,1-2H3. The number of hydrogen-bond donors (Lipinski definition) is 0. The molecule has 0 amide bonds. The van der Waals surface area contributed by atoms with E-state index in [1.807, 2.05) is 0 Å². The molecule has 0 N–H and O–H groups in total. The highest BCUT2D eigenvalue weighted by Gasteiger charge is 2.40. The number of benzene rings is 1. The molecular formula is C24H39N2OP. The first-order valence-electron chi connectivity index (χ1n) is 11.8. The molecule has 0 radical (unpaired) electrons. The lowest BCUT2D eigenvalue weighted by Crippen LogP contribution is -2.51. The number of rotatable bonds is 5. The molecule has 2 aliphatic carbocycles. The summed E-state index contributed by atoms with van der Waals surface area (Å²) < 4.78 is 12.0. The second-order valence-corrected chi connectivity index (χ2v) is 11.3. The third-order valence-corrected chi connectivity index (χ3v) is 9.48. The van der Waals surface area contributed by atoms with Crippen molar-refractivity contribution in [1.29, 1.82) is 0 Å². The van der Waals surface area contributed by atoms with E-state index in [1.54, 1.807) is 5.30 Å². The van der Waals surface area contributed by atoms with Crippen molar-refractivity contribution in [2.45, 2.75) is 102 Å². The van der Waals surface area contributed by atoms with Crippen molar-refractivity contribution < 1.29 is 4.74 Å². The van der Waals surface area contributed by atoms with Crippen molar-refractivity contribution in [3.8, 4) is 0 Å². The van der Waals surface area contributed by atoms with Gasteiger partial charge >= 0.3 is 0 Å². The van der Waals surface area contributed by atoms with E-state index in [-0.39, 0.29) is 0 Å². The molecule has 3 aliphatic rings. The summed E-state index contributed by atoms with van der Waals surface area (Å²) in [5, 5.41) is 1.55. The maximum atomic E-state index is 6.12. The summed E-state index contributed by atoms with van der Waals surface area (Å²) >= 11 is 0. The van der Waals surface area contributed by atoms with E-state index in [0.29, 0.717) is 12.2 Å². The largest absolute Gasteiger partial charge is 0.373 e. The van der Waals surface area contributed by atoms with Gasteiger partial charge in [0, 0.05) is 30.5 Å². The number of morpholine rings is 1. The minimum absolute atomic E-state index is 0.331. The van der Waals surface area contributed by atoms with Crippen molar-refractivity contribution in [1.82, 2.24) is 9.34 Å². The predicted octanol–water partition coefficient (Wildman–Crippen LogP) is 5.70. The fourth-order valence-electron chi connectivity index (χ4n) is 5.61. The lowest BCUT2D eigenvalue weighted by atomic mass is 9.91. The molecule has 3 fully saturated rings. The molecule has 0 spiro atoms. The molecule has 156 valence electrons. The maximum Gasteiger partial charge on any atom is 0.0731 e. The van der Waals surface area contributed by atoms with Gasteiger partial charge in [-0.15, -0.1) is 0 Å². The normalized spacial score (nSPS) is 29.8. The van der Waals surface area contributed by atoms with Crippen molar-refractivity contribution in [2.75, 3.05) is 13.1 Å². The smallest absolute Gasteiger partial charge is 0.0731 e. The van der Waals surface area contributed by atoms with Crippen LogP contribution >= 0.6 is 8.22 Å². The zero-order valence-electron chi connectivity index (χ0n) is 17.9. The first kappa shape index (κ1) is 20.8. The number of hydrogen-bond acceptors (Lipinski definition) is 3. The maximum absolute atomic E-state index is 6.12. The van der Waals surface area contributed by atoms with E-state index >= 15 is 0 Å². The molecule has 0 bridgehead atoms. The van der Waals surface area contributed by atoms with Gasteiger partial charge in [-0.1, -0.05) is 68.9 Å². The molecule has 4 rings (SSSR count). The quantitative estimate of drug-likeness (QED) is 0.588. The molecule has 1 aromatic carbocycles. The van der Waals surface area contributed by atoms with Crippen molar-refractivity contribution in [3.63, 3.8) is 0 Å². The molecule has 3 atom stereocenters. The van der Waals surface area contributed by atoms with Crippen LogP contribution in [0, 0.1) is 0 Å². The van der Waals surface area contributed by atoms with Crippen molar-refractivity contribution >= 4 is 13.5 Å². The Morgan fingerprint density at radius 3 is 1.79 bits per heavy atom. The van der Waals surface area contributed by atoms with Crippen molar-refractivity contribution in [2.24, 2.45) is 0 Å². The Morgan fingerprint density at radius 1 is 0.786 bits per heavy atom. The second-order valence-electron chi connectivity index (χ2n) is 9.22. The number of nitrogens with zero attached hydrogens (tertiary/aromatic N) is 2. The lowest BCUT2D eigenvalue weighted by molar-refractivity contribution is -0.0450. The average Bonchev–Trinajstić information content (AvgIpc) is 2.73. The average molecular weight is 403 g/mol. The van der Waals surface area contributed by atoms with E-state index in [4.69, 9.17) is 4.74 Å². The van der Waals surface area contributed by atoms with Crippen LogP contribution in [0.15, 0.2) is 30.3 Å². The van der Waals surface area contributed by atoms with Crippen LogP contribution in [0.5, 0.6) is 0 Å². The first-order valence-corrected chi connectivity index (χ1v) is 13.0. The zero-order valence-corrected chi connectivity index (χ0v) is 18.8. The molecule has 1 aromatic rings. The van der Waals surface area contributed by atoms with Crippen LogP contribution < -0.4 is 5.30 Å². The first-order chi connectivity index (χ1) is 13.7. The lowest BCUT2D eigenvalue weighted by Gasteiger charge is -2.51. The van der Waals surface area contributed by atoms with Gasteiger partial charge in [-0.25, -0.2) is 0 Å². The zero-order chi connectivity index (χ0) is 19.3.